The zero-order valence-corrected chi connectivity index (χ0v) is 11.9. The maximum atomic E-state index is 9.75. The van der Waals surface area contributed by atoms with Crippen LogP contribution in [0.25, 0.3) is 0 Å². The van der Waals surface area contributed by atoms with Crippen LogP contribution in [-0.2, 0) is 10.2 Å². The van der Waals surface area contributed by atoms with Crippen LogP contribution in [0.2, 0.25) is 0 Å². The number of aliphatic hydroxyl groups excluding tert-OH is 1. The van der Waals surface area contributed by atoms with Crippen molar-refractivity contribution < 1.29 is 9.84 Å². The third kappa shape index (κ3) is 2.83. The Bertz CT molecular complexity index is 400. The molecule has 1 aliphatic rings. The normalized spacial score (nSPS) is 28.0. The Balaban J connectivity index is 2.44. The quantitative estimate of drug-likeness (QED) is 0.874. The molecule has 0 bridgehead atoms. The van der Waals surface area contributed by atoms with Gasteiger partial charge in [-0.3, -0.25) is 0 Å². The number of hydrogen-bond acceptors (Lipinski definition) is 3. The van der Waals surface area contributed by atoms with Gasteiger partial charge in [-0.25, -0.2) is 0 Å². The Kier molecular flexibility index (Phi) is 4.29. The number of ether oxygens (including phenoxy) is 1. The van der Waals surface area contributed by atoms with Crippen LogP contribution in [0.1, 0.15) is 32.3 Å². The Labute approximate surface area is 115 Å². The van der Waals surface area contributed by atoms with E-state index in [0.29, 0.717) is 6.54 Å². The average molecular weight is 263 g/mol. The van der Waals surface area contributed by atoms with E-state index in [1.807, 2.05) is 6.07 Å². The van der Waals surface area contributed by atoms with Crippen LogP contribution in [0.15, 0.2) is 30.3 Å². The lowest BCUT2D eigenvalue weighted by Gasteiger charge is -2.49. The Morgan fingerprint density at radius 3 is 2.53 bits per heavy atom. The Morgan fingerprint density at radius 1 is 1.32 bits per heavy atom. The van der Waals surface area contributed by atoms with Gasteiger partial charge in [-0.05, 0) is 38.8 Å². The van der Waals surface area contributed by atoms with Crippen LogP contribution in [0.5, 0.6) is 0 Å². The average Bonchev–Trinajstić information content (AvgIpc) is 2.40. The summed E-state index contributed by atoms with van der Waals surface area (Å²) in [7, 11) is 0. The van der Waals surface area contributed by atoms with Crippen LogP contribution in [0.4, 0.5) is 0 Å². The SMILES string of the molecule is CC1(C)C[C@@](c2ccccc2)([C@@H](CN)CO)CCO1. The largest absolute Gasteiger partial charge is 0.396 e. The molecule has 3 heteroatoms. The summed E-state index contributed by atoms with van der Waals surface area (Å²) in [5.41, 5.74) is 6.95. The van der Waals surface area contributed by atoms with Gasteiger partial charge >= 0.3 is 0 Å². The molecule has 0 amide bonds. The molecule has 2 atom stereocenters. The van der Waals surface area contributed by atoms with Crippen LogP contribution >= 0.6 is 0 Å². The number of aliphatic hydroxyl groups is 1. The first kappa shape index (κ1) is 14.5. The number of nitrogens with two attached hydrogens (primary N) is 1. The van der Waals surface area contributed by atoms with E-state index in [-0.39, 0.29) is 23.5 Å². The van der Waals surface area contributed by atoms with E-state index in [2.05, 4.69) is 38.1 Å². The van der Waals surface area contributed by atoms with E-state index < -0.39 is 0 Å². The molecule has 19 heavy (non-hydrogen) atoms. The lowest BCUT2D eigenvalue weighted by atomic mass is 9.62. The summed E-state index contributed by atoms with van der Waals surface area (Å²) < 4.78 is 5.86. The van der Waals surface area contributed by atoms with Gasteiger partial charge in [-0.1, -0.05) is 30.3 Å². The smallest absolute Gasteiger partial charge is 0.0635 e. The van der Waals surface area contributed by atoms with Gasteiger partial charge in [0.25, 0.3) is 0 Å². The molecule has 106 valence electrons. The molecule has 0 unspecified atom stereocenters. The van der Waals surface area contributed by atoms with Gasteiger partial charge in [-0.2, -0.15) is 0 Å². The second-order valence-electron chi connectivity index (χ2n) is 6.17. The standard InChI is InChI=1S/C16H25NO2/c1-15(2)12-16(8-9-19-15,14(10-17)11-18)13-6-4-3-5-7-13/h3-7,14,18H,8-12,17H2,1-2H3/t14-,16-/m0/s1. The first-order chi connectivity index (χ1) is 9.04. The summed E-state index contributed by atoms with van der Waals surface area (Å²) in [6.45, 7) is 5.59. The highest BCUT2D eigenvalue weighted by Crippen LogP contribution is 2.46. The zero-order valence-electron chi connectivity index (χ0n) is 11.9. The molecule has 2 rings (SSSR count). The van der Waals surface area contributed by atoms with Crippen LogP contribution in [0, 0.1) is 5.92 Å². The number of hydrogen-bond donors (Lipinski definition) is 2. The van der Waals surface area contributed by atoms with Crippen molar-refractivity contribution in [2.75, 3.05) is 19.8 Å². The predicted molar refractivity (Wildman–Crippen MR) is 77.0 cm³/mol. The van der Waals surface area contributed by atoms with Gasteiger partial charge in [0.05, 0.1) is 5.60 Å². The third-order valence-electron chi connectivity index (χ3n) is 4.42. The van der Waals surface area contributed by atoms with E-state index in [0.717, 1.165) is 19.4 Å². The minimum atomic E-state index is -0.170. The lowest BCUT2D eigenvalue weighted by Crippen LogP contribution is -2.51. The van der Waals surface area contributed by atoms with E-state index in [4.69, 9.17) is 10.5 Å². The highest BCUT2D eigenvalue weighted by atomic mass is 16.5. The molecular weight excluding hydrogens is 238 g/mol. The molecule has 1 aromatic rings. The van der Waals surface area contributed by atoms with Crippen molar-refractivity contribution in [2.45, 2.75) is 37.7 Å². The van der Waals surface area contributed by atoms with Crippen molar-refractivity contribution in [1.82, 2.24) is 0 Å². The van der Waals surface area contributed by atoms with Crippen molar-refractivity contribution in [2.24, 2.45) is 11.7 Å². The Hall–Kier alpha value is -0.900. The van der Waals surface area contributed by atoms with E-state index in [1.54, 1.807) is 0 Å². The fourth-order valence-electron chi connectivity index (χ4n) is 3.48. The van der Waals surface area contributed by atoms with Crippen molar-refractivity contribution >= 4 is 0 Å². The zero-order chi connectivity index (χ0) is 13.9. The Morgan fingerprint density at radius 2 is 2.00 bits per heavy atom. The molecule has 3 N–H and O–H groups in total. The lowest BCUT2D eigenvalue weighted by molar-refractivity contribution is -0.0983. The molecule has 0 radical (unpaired) electrons. The first-order valence-corrected chi connectivity index (χ1v) is 7.04. The highest BCUT2D eigenvalue weighted by Gasteiger charge is 2.46. The topological polar surface area (TPSA) is 55.5 Å². The minimum Gasteiger partial charge on any atom is -0.396 e. The van der Waals surface area contributed by atoms with Crippen molar-refractivity contribution in [3.63, 3.8) is 0 Å². The number of rotatable bonds is 4. The van der Waals surface area contributed by atoms with Gasteiger partial charge in [0.2, 0.25) is 0 Å². The summed E-state index contributed by atoms with van der Waals surface area (Å²) in [6.07, 6.45) is 1.81. The minimum absolute atomic E-state index is 0.0769. The molecule has 1 aliphatic heterocycles. The molecule has 1 saturated heterocycles. The maximum Gasteiger partial charge on any atom is 0.0635 e. The summed E-state index contributed by atoms with van der Waals surface area (Å²) >= 11 is 0. The fraction of sp³-hybridized carbons (Fsp3) is 0.625. The first-order valence-electron chi connectivity index (χ1n) is 7.04. The molecule has 1 heterocycles. The molecular formula is C16H25NO2. The van der Waals surface area contributed by atoms with Gasteiger partial charge in [-0.15, -0.1) is 0 Å². The predicted octanol–water partition coefficient (Wildman–Crippen LogP) is 2.08. The second-order valence-corrected chi connectivity index (χ2v) is 6.17. The molecule has 0 aromatic heterocycles. The summed E-state index contributed by atoms with van der Waals surface area (Å²) in [4.78, 5) is 0. The molecule has 0 spiro atoms. The summed E-state index contributed by atoms with van der Waals surface area (Å²) in [6, 6.07) is 10.5. The van der Waals surface area contributed by atoms with Crippen LogP contribution in [-0.4, -0.2) is 30.5 Å². The number of benzene rings is 1. The van der Waals surface area contributed by atoms with Crippen molar-refractivity contribution in [1.29, 1.82) is 0 Å². The fourth-order valence-corrected chi connectivity index (χ4v) is 3.48. The third-order valence-corrected chi connectivity index (χ3v) is 4.42. The summed E-state index contributed by atoms with van der Waals surface area (Å²) in [5, 5.41) is 9.75. The van der Waals surface area contributed by atoms with Crippen LogP contribution in [0.3, 0.4) is 0 Å². The van der Waals surface area contributed by atoms with Crippen molar-refractivity contribution in [3.8, 4) is 0 Å². The van der Waals surface area contributed by atoms with Crippen molar-refractivity contribution in [3.05, 3.63) is 35.9 Å². The molecule has 1 aromatic carbocycles. The van der Waals surface area contributed by atoms with E-state index in [1.165, 1.54) is 5.56 Å². The molecule has 1 fully saturated rings. The highest BCUT2D eigenvalue weighted by molar-refractivity contribution is 5.28. The van der Waals surface area contributed by atoms with E-state index in [9.17, 15) is 5.11 Å². The monoisotopic (exact) mass is 263 g/mol. The molecule has 3 nitrogen and oxygen atoms in total. The second kappa shape index (κ2) is 5.61. The van der Waals surface area contributed by atoms with Gasteiger partial charge in [0.1, 0.15) is 0 Å². The van der Waals surface area contributed by atoms with Gasteiger partial charge < -0.3 is 15.6 Å². The summed E-state index contributed by atoms with van der Waals surface area (Å²) in [5.74, 6) is 0.0816. The van der Waals surface area contributed by atoms with E-state index >= 15 is 0 Å². The maximum absolute atomic E-state index is 9.75. The molecule has 0 saturated carbocycles. The molecule has 0 aliphatic carbocycles. The van der Waals surface area contributed by atoms with Gasteiger partial charge in [0, 0.05) is 24.5 Å². The van der Waals surface area contributed by atoms with Crippen LogP contribution < -0.4 is 5.73 Å². The van der Waals surface area contributed by atoms with Gasteiger partial charge in [0.15, 0.2) is 0 Å².